The van der Waals surface area contributed by atoms with Crippen LogP contribution in [-0.4, -0.2) is 12.6 Å². The largest absolute Gasteiger partial charge is 0.466 e. The molecule has 0 unspecified atom stereocenters. The minimum Gasteiger partial charge on any atom is -0.466 e. The van der Waals surface area contributed by atoms with Crippen molar-refractivity contribution < 1.29 is 9.53 Å². The van der Waals surface area contributed by atoms with Gasteiger partial charge in [-0.2, -0.15) is 0 Å². The van der Waals surface area contributed by atoms with E-state index in [9.17, 15) is 4.79 Å². The highest BCUT2D eigenvalue weighted by Gasteiger charge is 2.02. The van der Waals surface area contributed by atoms with Gasteiger partial charge in [0.05, 0.1) is 6.61 Å². The molecule has 0 spiro atoms. The van der Waals surface area contributed by atoms with E-state index in [0.717, 1.165) is 12.8 Å². The zero-order chi connectivity index (χ0) is 10.3. The van der Waals surface area contributed by atoms with Gasteiger partial charge in [-0.3, -0.25) is 4.79 Å². The Hall–Kier alpha value is -0.790. The van der Waals surface area contributed by atoms with E-state index in [1.165, 1.54) is 12.5 Å². The van der Waals surface area contributed by atoms with Crippen LogP contribution in [0, 0.1) is 5.92 Å². The van der Waals surface area contributed by atoms with Gasteiger partial charge >= 0.3 is 5.97 Å². The Morgan fingerprint density at radius 1 is 1.38 bits per heavy atom. The Bertz CT molecular complexity index is 179. The van der Waals surface area contributed by atoms with Crippen LogP contribution < -0.4 is 0 Å². The van der Waals surface area contributed by atoms with Crippen LogP contribution in [0.4, 0.5) is 0 Å². The van der Waals surface area contributed by atoms with Crippen molar-refractivity contribution in [2.75, 3.05) is 6.61 Å². The lowest BCUT2D eigenvalue weighted by Gasteiger charge is -2.09. The molecule has 0 aliphatic rings. The SMILES string of the molecule is CC(=O)OC[C@@H](C)CCC=C(C)C. The summed E-state index contributed by atoms with van der Waals surface area (Å²) in [6.45, 7) is 8.28. The van der Waals surface area contributed by atoms with Gasteiger partial charge in [-0.1, -0.05) is 18.6 Å². The predicted octanol–water partition coefficient (Wildman–Crippen LogP) is 2.93. The third-order valence-electron chi connectivity index (χ3n) is 1.78. The van der Waals surface area contributed by atoms with E-state index in [0.29, 0.717) is 12.5 Å². The predicted molar refractivity (Wildman–Crippen MR) is 54.5 cm³/mol. The third kappa shape index (κ3) is 9.12. The number of carbonyl (C=O) groups excluding carboxylic acids is 1. The number of allylic oxidation sites excluding steroid dienone is 2. The first-order valence-electron chi connectivity index (χ1n) is 4.79. The van der Waals surface area contributed by atoms with Gasteiger partial charge in [-0.25, -0.2) is 0 Å². The summed E-state index contributed by atoms with van der Waals surface area (Å²) in [7, 11) is 0. The van der Waals surface area contributed by atoms with Gasteiger partial charge in [0.2, 0.25) is 0 Å². The van der Waals surface area contributed by atoms with Crippen LogP contribution in [0.5, 0.6) is 0 Å². The molecule has 2 heteroatoms. The number of hydrogen-bond donors (Lipinski definition) is 0. The second-order valence-electron chi connectivity index (χ2n) is 3.77. The average Bonchev–Trinajstić information content (AvgIpc) is 2.00. The molecule has 0 fully saturated rings. The monoisotopic (exact) mass is 184 g/mol. The summed E-state index contributed by atoms with van der Waals surface area (Å²) < 4.78 is 4.90. The summed E-state index contributed by atoms with van der Waals surface area (Å²) in [6.07, 6.45) is 4.37. The van der Waals surface area contributed by atoms with E-state index in [-0.39, 0.29) is 5.97 Å². The van der Waals surface area contributed by atoms with Crippen molar-refractivity contribution in [3.63, 3.8) is 0 Å². The average molecular weight is 184 g/mol. The summed E-state index contributed by atoms with van der Waals surface area (Å²) in [4.78, 5) is 10.5. The van der Waals surface area contributed by atoms with Crippen LogP contribution in [0.25, 0.3) is 0 Å². The molecule has 0 aromatic heterocycles. The van der Waals surface area contributed by atoms with Gasteiger partial charge < -0.3 is 4.74 Å². The van der Waals surface area contributed by atoms with E-state index in [1.54, 1.807) is 0 Å². The molecule has 0 aliphatic carbocycles. The van der Waals surface area contributed by atoms with Gasteiger partial charge in [0.1, 0.15) is 0 Å². The van der Waals surface area contributed by atoms with E-state index in [2.05, 4.69) is 26.8 Å². The van der Waals surface area contributed by atoms with Crippen LogP contribution in [0.1, 0.15) is 40.5 Å². The first-order valence-corrected chi connectivity index (χ1v) is 4.79. The maximum atomic E-state index is 10.5. The molecule has 0 saturated carbocycles. The second-order valence-corrected chi connectivity index (χ2v) is 3.77. The Labute approximate surface area is 81.0 Å². The van der Waals surface area contributed by atoms with Crippen molar-refractivity contribution in [1.29, 1.82) is 0 Å². The van der Waals surface area contributed by atoms with Crippen molar-refractivity contribution >= 4 is 5.97 Å². The first kappa shape index (κ1) is 12.2. The van der Waals surface area contributed by atoms with Gasteiger partial charge in [0.15, 0.2) is 0 Å². The summed E-state index contributed by atoms with van der Waals surface area (Å²) in [6, 6.07) is 0. The highest BCUT2D eigenvalue weighted by molar-refractivity contribution is 5.65. The van der Waals surface area contributed by atoms with Crippen LogP contribution in [0.2, 0.25) is 0 Å². The fraction of sp³-hybridized carbons (Fsp3) is 0.727. The second kappa shape index (κ2) is 6.70. The molecule has 13 heavy (non-hydrogen) atoms. The molecule has 2 nitrogen and oxygen atoms in total. The molecule has 0 N–H and O–H groups in total. The zero-order valence-corrected chi connectivity index (χ0v) is 9.09. The van der Waals surface area contributed by atoms with E-state index in [4.69, 9.17) is 4.74 Å². The van der Waals surface area contributed by atoms with Crippen molar-refractivity contribution in [2.45, 2.75) is 40.5 Å². The molecular weight excluding hydrogens is 164 g/mol. The smallest absolute Gasteiger partial charge is 0.302 e. The van der Waals surface area contributed by atoms with Crippen molar-refractivity contribution in [3.05, 3.63) is 11.6 Å². The molecule has 0 saturated heterocycles. The number of carbonyl (C=O) groups is 1. The highest BCUT2D eigenvalue weighted by Crippen LogP contribution is 2.08. The third-order valence-corrected chi connectivity index (χ3v) is 1.78. The maximum Gasteiger partial charge on any atom is 0.302 e. The Balaban J connectivity index is 3.46. The molecule has 0 aromatic rings. The van der Waals surface area contributed by atoms with Crippen molar-refractivity contribution in [1.82, 2.24) is 0 Å². The molecule has 0 radical (unpaired) electrons. The first-order chi connectivity index (χ1) is 6.02. The number of ether oxygens (including phenoxy) is 1. The maximum absolute atomic E-state index is 10.5. The number of rotatable bonds is 5. The van der Waals surface area contributed by atoms with E-state index in [1.807, 2.05) is 0 Å². The fourth-order valence-electron chi connectivity index (χ4n) is 0.999. The molecule has 0 heterocycles. The molecule has 0 aromatic carbocycles. The van der Waals surface area contributed by atoms with Crippen molar-refractivity contribution in [3.8, 4) is 0 Å². The lowest BCUT2D eigenvalue weighted by molar-refractivity contribution is -0.142. The normalized spacial score (nSPS) is 12.0. The molecule has 0 bridgehead atoms. The lowest BCUT2D eigenvalue weighted by Crippen LogP contribution is -2.08. The van der Waals surface area contributed by atoms with Gasteiger partial charge in [-0.05, 0) is 32.6 Å². The molecule has 0 rings (SSSR count). The van der Waals surface area contributed by atoms with Crippen LogP contribution >= 0.6 is 0 Å². The molecule has 76 valence electrons. The quantitative estimate of drug-likeness (QED) is 0.485. The minimum absolute atomic E-state index is 0.186. The Kier molecular flexibility index (Phi) is 6.29. The minimum atomic E-state index is -0.186. The van der Waals surface area contributed by atoms with Crippen LogP contribution in [-0.2, 0) is 9.53 Å². The number of esters is 1. The molecule has 0 aliphatic heterocycles. The van der Waals surface area contributed by atoms with Gasteiger partial charge in [0.25, 0.3) is 0 Å². The summed E-state index contributed by atoms with van der Waals surface area (Å²) >= 11 is 0. The molecule has 0 amide bonds. The van der Waals surface area contributed by atoms with Gasteiger partial charge in [-0.15, -0.1) is 0 Å². The van der Waals surface area contributed by atoms with Crippen LogP contribution in [0.3, 0.4) is 0 Å². The molecule has 1 atom stereocenters. The van der Waals surface area contributed by atoms with E-state index < -0.39 is 0 Å². The summed E-state index contributed by atoms with van der Waals surface area (Å²) in [5.74, 6) is 0.272. The zero-order valence-electron chi connectivity index (χ0n) is 9.09. The highest BCUT2D eigenvalue weighted by atomic mass is 16.5. The topological polar surface area (TPSA) is 26.3 Å². The fourth-order valence-corrected chi connectivity index (χ4v) is 0.999. The standard InChI is InChI=1S/C11H20O2/c1-9(2)6-5-7-10(3)8-13-11(4)12/h6,10H,5,7-8H2,1-4H3/t10-/m0/s1. The Morgan fingerprint density at radius 2 is 2.00 bits per heavy atom. The summed E-state index contributed by atoms with van der Waals surface area (Å²) in [5.41, 5.74) is 1.35. The van der Waals surface area contributed by atoms with Crippen LogP contribution in [0.15, 0.2) is 11.6 Å². The van der Waals surface area contributed by atoms with Gasteiger partial charge in [0, 0.05) is 6.92 Å². The lowest BCUT2D eigenvalue weighted by atomic mass is 10.1. The summed E-state index contributed by atoms with van der Waals surface area (Å²) in [5, 5.41) is 0. The van der Waals surface area contributed by atoms with E-state index >= 15 is 0 Å². The van der Waals surface area contributed by atoms with Crippen molar-refractivity contribution in [2.24, 2.45) is 5.92 Å². The molecular formula is C11H20O2. The Morgan fingerprint density at radius 3 is 2.46 bits per heavy atom. The number of hydrogen-bond acceptors (Lipinski definition) is 2.